The summed E-state index contributed by atoms with van der Waals surface area (Å²) >= 11 is 0. The Morgan fingerprint density at radius 1 is 1.15 bits per heavy atom. The summed E-state index contributed by atoms with van der Waals surface area (Å²) in [6, 6.07) is 7.48. The molecule has 5 heteroatoms. The van der Waals surface area contributed by atoms with Crippen molar-refractivity contribution in [3.05, 3.63) is 29.8 Å². The van der Waals surface area contributed by atoms with Gasteiger partial charge in [-0.25, -0.2) is 0 Å². The molecule has 140 valence electrons. The summed E-state index contributed by atoms with van der Waals surface area (Å²) in [7, 11) is 0. The van der Waals surface area contributed by atoms with Gasteiger partial charge in [0.25, 0.3) is 5.91 Å². The van der Waals surface area contributed by atoms with Crippen LogP contribution in [0.15, 0.2) is 24.3 Å². The Morgan fingerprint density at radius 2 is 1.81 bits per heavy atom. The maximum absolute atomic E-state index is 12.3. The highest BCUT2D eigenvalue weighted by atomic mass is 16.5. The van der Waals surface area contributed by atoms with E-state index in [2.05, 4.69) is 5.32 Å². The lowest BCUT2D eigenvalue weighted by molar-refractivity contribution is -0.177. The summed E-state index contributed by atoms with van der Waals surface area (Å²) in [5.74, 6) is 0.429. The predicted octanol–water partition coefficient (Wildman–Crippen LogP) is 3.20. The normalized spacial score (nSPS) is 34.5. The minimum atomic E-state index is -0.576. The third kappa shape index (κ3) is 3.63. The van der Waals surface area contributed by atoms with Crippen LogP contribution in [0, 0.1) is 24.2 Å². The molecule has 1 aromatic rings. The number of hydrogen-bond acceptors (Lipinski definition) is 4. The Morgan fingerprint density at radius 3 is 2.42 bits per heavy atom. The molecule has 4 bridgehead atoms. The van der Waals surface area contributed by atoms with E-state index in [-0.39, 0.29) is 23.9 Å². The largest absolute Gasteiger partial charge is 0.456 e. The monoisotopic (exact) mass is 357 g/mol. The van der Waals surface area contributed by atoms with Crippen molar-refractivity contribution < 1.29 is 19.4 Å². The van der Waals surface area contributed by atoms with Crippen molar-refractivity contribution in [2.45, 2.75) is 57.5 Å². The van der Waals surface area contributed by atoms with Crippen LogP contribution < -0.4 is 5.32 Å². The van der Waals surface area contributed by atoms with Gasteiger partial charge in [-0.15, -0.1) is 0 Å². The number of benzene rings is 1. The summed E-state index contributed by atoms with van der Waals surface area (Å²) in [5.41, 5.74) is 1.11. The maximum Gasteiger partial charge on any atom is 0.306 e. The number of hydrogen-bond donors (Lipinski definition) is 2. The molecule has 26 heavy (non-hydrogen) atoms. The SMILES string of the molecule is Cc1ccc(NC(=O)COC(=O)CC23C[C@@H]4C[C@@H](CC(O)(C4)C2)C3)cc1. The van der Waals surface area contributed by atoms with Crippen LogP contribution in [0.1, 0.15) is 50.5 Å². The van der Waals surface area contributed by atoms with Crippen molar-refractivity contribution in [2.24, 2.45) is 17.3 Å². The molecule has 0 saturated heterocycles. The average Bonchev–Trinajstić information content (AvgIpc) is 2.52. The second kappa shape index (κ2) is 6.38. The van der Waals surface area contributed by atoms with Gasteiger partial charge in [0, 0.05) is 5.69 Å². The third-order valence-electron chi connectivity index (χ3n) is 6.37. The highest BCUT2D eigenvalue weighted by Gasteiger charge is 2.57. The van der Waals surface area contributed by atoms with Gasteiger partial charge in [0.05, 0.1) is 12.0 Å². The Bertz CT molecular complexity index is 697. The second-order valence-electron chi connectivity index (χ2n) is 8.94. The molecular weight excluding hydrogens is 330 g/mol. The van der Waals surface area contributed by atoms with Gasteiger partial charge in [0.1, 0.15) is 0 Å². The minimum absolute atomic E-state index is 0.122. The summed E-state index contributed by atoms with van der Waals surface area (Å²) < 4.78 is 5.24. The number of aliphatic hydroxyl groups is 1. The first-order valence-electron chi connectivity index (χ1n) is 9.58. The van der Waals surface area contributed by atoms with Gasteiger partial charge >= 0.3 is 5.97 Å². The Labute approximate surface area is 154 Å². The number of carbonyl (C=O) groups is 2. The van der Waals surface area contributed by atoms with Crippen LogP contribution in [-0.4, -0.2) is 29.2 Å². The van der Waals surface area contributed by atoms with Gasteiger partial charge < -0.3 is 15.2 Å². The fraction of sp³-hybridized carbons (Fsp3) is 0.619. The van der Waals surface area contributed by atoms with E-state index in [1.54, 1.807) is 0 Å². The van der Waals surface area contributed by atoms with E-state index < -0.39 is 5.60 Å². The van der Waals surface area contributed by atoms with Crippen molar-refractivity contribution in [2.75, 3.05) is 11.9 Å². The quantitative estimate of drug-likeness (QED) is 0.794. The Kier molecular flexibility index (Phi) is 4.30. The van der Waals surface area contributed by atoms with Gasteiger partial charge in [-0.2, -0.15) is 0 Å². The fourth-order valence-electron chi connectivity index (χ4n) is 5.95. The van der Waals surface area contributed by atoms with Gasteiger partial charge in [-0.3, -0.25) is 9.59 Å². The van der Waals surface area contributed by atoms with Crippen LogP contribution >= 0.6 is 0 Å². The van der Waals surface area contributed by atoms with Crippen molar-refractivity contribution in [1.29, 1.82) is 0 Å². The van der Waals surface area contributed by atoms with Crippen LogP contribution in [0.4, 0.5) is 5.69 Å². The first kappa shape index (κ1) is 17.5. The fourth-order valence-corrected chi connectivity index (χ4v) is 5.95. The van der Waals surface area contributed by atoms with Gasteiger partial charge in [-0.05, 0) is 74.8 Å². The van der Waals surface area contributed by atoms with Crippen LogP contribution in [0.5, 0.6) is 0 Å². The number of aryl methyl sites for hydroxylation is 1. The van der Waals surface area contributed by atoms with E-state index in [1.165, 1.54) is 6.42 Å². The zero-order chi connectivity index (χ0) is 18.4. The smallest absolute Gasteiger partial charge is 0.306 e. The lowest BCUT2D eigenvalue weighted by Gasteiger charge is -2.60. The van der Waals surface area contributed by atoms with Crippen molar-refractivity contribution >= 4 is 17.6 Å². The zero-order valence-corrected chi connectivity index (χ0v) is 15.3. The molecule has 2 unspecified atom stereocenters. The second-order valence-corrected chi connectivity index (χ2v) is 8.94. The van der Waals surface area contributed by atoms with Crippen molar-refractivity contribution in [3.8, 4) is 0 Å². The summed E-state index contributed by atoms with van der Waals surface area (Å²) in [6.45, 7) is 1.72. The first-order valence-corrected chi connectivity index (χ1v) is 9.58. The number of ether oxygens (including phenoxy) is 1. The molecule has 0 aromatic heterocycles. The van der Waals surface area contributed by atoms with Crippen molar-refractivity contribution in [3.63, 3.8) is 0 Å². The van der Waals surface area contributed by atoms with Crippen LogP contribution in [0.25, 0.3) is 0 Å². The number of carbonyl (C=O) groups excluding carboxylic acids is 2. The molecule has 4 saturated carbocycles. The lowest BCUT2D eigenvalue weighted by atomic mass is 9.47. The molecule has 5 nitrogen and oxygen atoms in total. The van der Waals surface area contributed by atoms with Crippen LogP contribution in [0.3, 0.4) is 0 Å². The van der Waals surface area contributed by atoms with E-state index in [4.69, 9.17) is 4.74 Å². The van der Waals surface area contributed by atoms with E-state index in [1.807, 2.05) is 31.2 Å². The maximum atomic E-state index is 12.3. The molecule has 0 radical (unpaired) electrons. The molecule has 0 spiro atoms. The van der Waals surface area contributed by atoms with Gasteiger partial charge in [-0.1, -0.05) is 17.7 Å². The predicted molar refractivity (Wildman–Crippen MR) is 97.4 cm³/mol. The van der Waals surface area contributed by atoms with Crippen LogP contribution in [-0.2, 0) is 14.3 Å². The standard InChI is InChI=1S/C21H27NO4/c1-14-2-4-17(5-3-14)22-18(23)12-26-19(24)11-20-7-15-6-16(8-20)10-21(25,9-15)13-20/h2-5,15-16,25H,6-13H2,1H3,(H,22,23)/t15-,16+,20?,21?. The van der Waals surface area contributed by atoms with Gasteiger partial charge in [0.15, 0.2) is 6.61 Å². The molecule has 1 aromatic carbocycles. The molecule has 5 rings (SSSR count). The Balaban J connectivity index is 1.29. The van der Waals surface area contributed by atoms with Crippen LogP contribution in [0.2, 0.25) is 0 Å². The third-order valence-corrected chi connectivity index (χ3v) is 6.37. The molecule has 4 aliphatic carbocycles. The summed E-state index contributed by atoms with van der Waals surface area (Å²) in [4.78, 5) is 24.3. The number of amides is 1. The molecule has 4 aliphatic rings. The number of esters is 1. The molecular formula is C21H27NO4. The number of anilines is 1. The lowest BCUT2D eigenvalue weighted by Crippen LogP contribution is -2.56. The number of rotatable bonds is 5. The van der Waals surface area contributed by atoms with E-state index >= 15 is 0 Å². The average molecular weight is 357 g/mol. The van der Waals surface area contributed by atoms with Crippen molar-refractivity contribution in [1.82, 2.24) is 0 Å². The summed E-state index contributed by atoms with van der Waals surface area (Å²) in [5, 5.41) is 13.5. The molecule has 4 fully saturated rings. The topological polar surface area (TPSA) is 75.6 Å². The van der Waals surface area contributed by atoms with Gasteiger partial charge in [0.2, 0.25) is 0 Å². The first-order chi connectivity index (χ1) is 12.3. The molecule has 2 N–H and O–H groups in total. The van der Waals surface area contributed by atoms with E-state index in [0.717, 1.165) is 31.2 Å². The highest BCUT2D eigenvalue weighted by molar-refractivity contribution is 5.92. The zero-order valence-electron chi connectivity index (χ0n) is 15.3. The molecule has 1 amide bonds. The Hall–Kier alpha value is -1.88. The molecule has 4 atom stereocenters. The van der Waals surface area contributed by atoms with E-state index in [0.29, 0.717) is 30.4 Å². The molecule has 0 heterocycles. The highest BCUT2D eigenvalue weighted by Crippen LogP contribution is 2.62. The molecule has 0 aliphatic heterocycles. The minimum Gasteiger partial charge on any atom is -0.456 e. The summed E-state index contributed by atoms with van der Waals surface area (Å²) in [6.07, 6.45) is 6.02. The number of nitrogens with one attached hydrogen (secondary N) is 1. The van der Waals surface area contributed by atoms with E-state index in [9.17, 15) is 14.7 Å².